The molecule has 2 rings (SSSR count). The third kappa shape index (κ3) is 5.77. The van der Waals surface area contributed by atoms with Crippen molar-refractivity contribution in [3.8, 4) is 0 Å². The SMILES string of the molecule is CC(C)c1ccn(CCCc2ccccc2)cc(C(=O)OF)c(=O)n(C)n1. The largest absolute Gasteiger partial charge is 0.386 e. The summed E-state index contributed by atoms with van der Waals surface area (Å²) < 4.78 is 15.2. The van der Waals surface area contributed by atoms with Crippen LogP contribution in [0.15, 0.2) is 53.6 Å². The van der Waals surface area contributed by atoms with E-state index in [0.29, 0.717) is 12.2 Å². The normalized spacial score (nSPS) is 10.6. The monoisotopic (exact) mass is 373 g/mol. The van der Waals surface area contributed by atoms with Crippen LogP contribution in [0.5, 0.6) is 0 Å². The second kappa shape index (κ2) is 9.66. The van der Waals surface area contributed by atoms with Crippen LogP contribution in [-0.4, -0.2) is 20.3 Å². The van der Waals surface area contributed by atoms with Crippen molar-refractivity contribution in [1.29, 1.82) is 0 Å². The highest BCUT2D eigenvalue weighted by atomic mass is 19.3. The summed E-state index contributed by atoms with van der Waals surface area (Å²) in [5.41, 5.74) is 0.714. The number of hydrogen-bond donors (Lipinski definition) is 0. The zero-order valence-corrected chi connectivity index (χ0v) is 15.8. The minimum Gasteiger partial charge on any atom is -0.353 e. The molecule has 7 heteroatoms. The van der Waals surface area contributed by atoms with Crippen molar-refractivity contribution in [2.75, 3.05) is 0 Å². The minimum atomic E-state index is -1.34. The second-order valence-corrected chi connectivity index (χ2v) is 6.56. The van der Waals surface area contributed by atoms with Gasteiger partial charge in [-0.2, -0.15) is 5.10 Å². The zero-order valence-electron chi connectivity index (χ0n) is 15.8. The summed E-state index contributed by atoms with van der Waals surface area (Å²) in [4.78, 5) is 27.5. The van der Waals surface area contributed by atoms with Crippen LogP contribution in [0.25, 0.3) is 0 Å². The number of nitrogens with zero attached hydrogens (tertiary/aromatic N) is 3. The van der Waals surface area contributed by atoms with Gasteiger partial charge in [0.2, 0.25) is 0 Å². The maximum atomic E-state index is 12.5. The Bertz CT molecular complexity index is 887. The van der Waals surface area contributed by atoms with Crippen molar-refractivity contribution >= 4 is 5.97 Å². The van der Waals surface area contributed by atoms with Gasteiger partial charge >= 0.3 is 5.97 Å². The first-order chi connectivity index (χ1) is 12.9. The van der Waals surface area contributed by atoms with Crippen LogP contribution in [0, 0.1) is 0 Å². The van der Waals surface area contributed by atoms with Crippen molar-refractivity contribution in [3.05, 3.63) is 76.0 Å². The van der Waals surface area contributed by atoms with E-state index in [-0.39, 0.29) is 5.92 Å². The van der Waals surface area contributed by atoms with Crippen molar-refractivity contribution in [3.63, 3.8) is 0 Å². The van der Waals surface area contributed by atoms with E-state index in [1.165, 1.54) is 18.8 Å². The zero-order chi connectivity index (χ0) is 19.8. The van der Waals surface area contributed by atoms with Gasteiger partial charge in [-0.25, -0.2) is 14.4 Å². The first kappa shape index (κ1) is 20.4. The lowest BCUT2D eigenvalue weighted by molar-refractivity contribution is -0.0790. The number of halogens is 1. The van der Waals surface area contributed by atoms with E-state index in [4.69, 9.17) is 0 Å². The fourth-order valence-electron chi connectivity index (χ4n) is 2.60. The molecule has 1 aromatic heterocycles. The van der Waals surface area contributed by atoms with Gasteiger partial charge in [-0.1, -0.05) is 44.2 Å². The van der Waals surface area contributed by atoms with Gasteiger partial charge in [0.25, 0.3) is 5.56 Å². The van der Waals surface area contributed by atoms with E-state index in [1.54, 1.807) is 16.8 Å². The maximum absolute atomic E-state index is 12.5. The maximum Gasteiger partial charge on any atom is 0.386 e. The number of aryl methyl sites for hydroxylation is 3. The molecule has 2 aromatic rings. The third-order valence-electron chi connectivity index (χ3n) is 4.13. The lowest BCUT2D eigenvalue weighted by Gasteiger charge is -2.06. The Balaban J connectivity index is 2.44. The Morgan fingerprint density at radius 3 is 2.56 bits per heavy atom. The molecule has 1 heterocycles. The van der Waals surface area contributed by atoms with Gasteiger partial charge in [-0.3, -0.25) is 4.79 Å². The van der Waals surface area contributed by atoms with Crippen molar-refractivity contribution in [1.82, 2.24) is 14.3 Å². The Morgan fingerprint density at radius 1 is 1.22 bits per heavy atom. The highest BCUT2D eigenvalue weighted by molar-refractivity contribution is 5.87. The predicted molar refractivity (Wildman–Crippen MR) is 100 cm³/mol. The standard InChI is InChI=1S/C20H24FN3O3/c1-15(2)18-11-13-24(12-7-10-16-8-5-4-6-9-16)14-17(20(26)27-21)19(25)23(3)22-18/h4-6,8-9,11,13-15H,7,10,12H2,1-3H3. The molecule has 0 fully saturated rings. The molecule has 0 atom stereocenters. The lowest BCUT2D eigenvalue weighted by Crippen LogP contribution is -2.25. The molecule has 27 heavy (non-hydrogen) atoms. The molecule has 0 unspecified atom stereocenters. The molecule has 0 radical (unpaired) electrons. The number of aromatic nitrogens is 3. The smallest absolute Gasteiger partial charge is 0.353 e. The number of hydrogen-bond acceptors (Lipinski definition) is 4. The van der Waals surface area contributed by atoms with Gasteiger partial charge in [0.05, 0.1) is 5.69 Å². The molecule has 0 N–H and O–H groups in total. The van der Waals surface area contributed by atoms with Crippen LogP contribution >= 0.6 is 0 Å². The van der Waals surface area contributed by atoms with E-state index in [1.807, 2.05) is 44.2 Å². The summed E-state index contributed by atoms with van der Waals surface area (Å²) in [5.74, 6) is -1.27. The van der Waals surface area contributed by atoms with E-state index in [0.717, 1.165) is 17.5 Å². The number of benzene rings is 1. The lowest BCUT2D eigenvalue weighted by atomic mass is 10.1. The molecule has 144 valence electrons. The van der Waals surface area contributed by atoms with Gasteiger partial charge in [0.1, 0.15) is 5.56 Å². The molecule has 0 bridgehead atoms. The van der Waals surface area contributed by atoms with Crippen LogP contribution in [0.3, 0.4) is 0 Å². The molecular formula is C20H24FN3O3. The molecule has 0 amide bonds. The molecule has 1 aromatic carbocycles. The van der Waals surface area contributed by atoms with Gasteiger partial charge in [-0.15, -0.1) is 0 Å². The van der Waals surface area contributed by atoms with Crippen molar-refractivity contribution in [2.45, 2.75) is 39.2 Å². The minimum absolute atomic E-state index is 0.0670. The molecule has 0 aliphatic rings. The topological polar surface area (TPSA) is 66.1 Å². The Kier molecular flexibility index (Phi) is 7.28. The summed E-state index contributed by atoms with van der Waals surface area (Å²) in [6.07, 6.45) is 4.66. The summed E-state index contributed by atoms with van der Waals surface area (Å²) in [7, 11) is 1.42. The van der Waals surface area contributed by atoms with Crippen LogP contribution < -0.4 is 5.56 Å². The van der Waals surface area contributed by atoms with Crippen molar-refractivity contribution < 1.29 is 14.3 Å². The molecule has 0 aliphatic carbocycles. The Hall–Kier alpha value is -2.96. The predicted octanol–water partition coefficient (Wildman–Crippen LogP) is 3.50. The van der Waals surface area contributed by atoms with Crippen LogP contribution in [-0.2, 0) is 25.0 Å². The number of carbonyl (C=O) groups excluding carboxylic acids is 1. The fourth-order valence-corrected chi connectivity index (χ4v) is 2.60. The van der Waals surface area contributed by atoms with Gasteiger partial charge in [0, 0.05) is 30.5 Å². The molecule has 0 spiro atoms. The first-order valence-corrected chi connectivity index (χ1v) is 8.81. The highest BCUT2D eigenvalue weighted by Crippen LogP contribution is 2.09. The molecule has 0 saturated carbocycles. The molecule has 6 nitrogen and oxygen atoms in total. The molecule has 0 saturated heterocycles. The average molecular weight is 373 g/mol. The number of carbonyl (C=O) groups is 1. The number of rotatable bonds is 6. The third-order valence-corrected chi connectivity index (χ3v) is 4.13. The van der Waals surface area contributed by atoms with Crippen LogP contribution in [0.4, 0.5) is 4.53 Å². The van der Waals surface area contributed by atoms with E-state index in [9.17, 15) is 14.1 Å². The summed E-state index contributed by atoms with van der Waals surface area (Å²) >= 11 is 0. The summed E-state index contributed by atoms with van der Waals surface area (Å²) in [6, 6.07) is 11.8. The second-order valence-electron chi connectivity index (χ2n) is 6.56. The molecule has 0 aliphatic heterocycles. The molecular weight excluding hydrogens is 349 g/mol. The first-order valence-electron chi connectivity index (χ1n) is 8.81. The summed E-state index contributed by atoms with van der Waals surface area (Å²) in [6.45, 7) is 4.43. The van der Waals surface area contributed by atoms with Crippen LogP contribution in [0.2, 0.25) is 0 Å². The van der Waals surface area contributed by atoms with Crippen LogP contribution in [0.1, 0.15) is 47.8 Å². The van der Waals surface area contributed by atoms with Crippen molar-refractivity contribution in [2.24, 2.45) is 7.05 Å². The average Bonchev–Trinajstić information content (AvgIpc) is 2.72. The van der Waals surface area contributed by atoms with Gasteiger partial charge in [0.15, 0.2) is 0 Å². The van der Waals surface area contributed by atoms with Gasteiger partial charge in [-0.05, 0) is 30.4 Å². The van der Waals surface area contributed by atoms with E-state index >= 15 is 0 Å². The van der Waals surface area contributed by atoms with E-state index < -0.39 is 17.1 Å². The van der Waals surface area contributed by atoms with E-state index in [2.05, 4.69) is 10.0 Å². The van der Waals surface area contributed by atoms with Gasteiger partial charge < -0.3 is 4.57 Å². The fraction of sp³-hybridized carbons (Fsp3) is 0.350. The Morgan fingerprint density at radius 2 is 1.93 bits per heavy atom. The highest BCUT2D eigenvalue weighted by Gasteiger charge is 2.14. The Labute approximate surface area is 157 Å². The quantitative estimate of drug-likeness (QED) is 0.777. The summed E-state index contributed by atoms with van der Waals surface area (Å²) in [5, 5.41) is 4.22.